The number of thiophene rings is 1. The van der Waals surface area contributed by atoms with Gasteiger partial charge in [0.25, 0.3) is 5.56 Å². The predicted molar refractivity (Wildman–Crippen MR) is 118 cm³/mol. The lowest BCUT2D eigenvalue weighted by Crippen LogP contribution is -2.44. The van der Waals surface area contributed by atoms with Crippen molar-refractivity contribution in [3.05, 3.63) is 33.9 Å². The third-order valence-electron chi connectivity index (χ3n) is 5.53. The van der Waals surface area contributed by atoms with Crippen molar-refractivity contribution in [1.82, 2.24) is 19.9 Å². The monoisotopic (exact) mass is 410 g/mol. The summed E-state index contributed by atoms with van der Waals surface area (Å²) in [6.45, 7) is 4.07. The first kappa shape index (κ1) is 18.0. The fourth-order valence-electron chi connectivity index (χ4n) is 3.83. The largest absolute Gasteiger partial charge is 0.494 e. The summed E-state index contributed by atoms with van der Waals surface area (Å²) in [5.41, 5.74) is 10.3. The number of nitrogens with zero attached hydrogens (tertiary/aromatic N) is 3. The number of anilines is 2. The summed E-state index contributed by atoms with van der Waals surface area (Å²) in [5.74, 6) is 1.09. The summed E-state index contributed by atoms with van der Waals surface area (Å²) in [7, 11) is 3.71. The zero-order valence-corrected chi connectivity index (χ0v) is 17.1. The Morgan fingerprint density at radius 3 is 2.76 bits per heavy atom. The van der Waals surface area contributed by atoms with Crippen LogP contribution < -0.4 is 20.9 Å². The Hall–Kier alpha value is -3.04. The van der Waals surface area contributed by atoms with E-state index in [1.54, 1.807) is 7.11 Å². The number of H-pyrrole nitrogens is 2. The number of aromatic nitrogens is 3. The molecule has 0 atom stereocenters. The fourth-order valence-corrected chi connectivity index (χ4v) is 4.77. The standard InChI is InChI=1S/C20H22N6O2S/c1-25-5-7-26(8-6-25)11-3-4-12-13(9-11)23-19(22-12)15-16(21)18-17(24-20(15)27)14(28-2)10-29-18/h3-4,9-10H,5-8H2,1-2H3,(H,22,23)(H3,21,24,27). The minimum Gasteiger partial charge on any atom is -0.494 e. The van der Waals surface area contributed by atoms with E-state index in [0.717, 1.165) is 47.6 Å². The minimum atomic E-state index is -0.287. The Bertz CT molecular complexity index is 1270. The molecule has 150 valence electrons. The Morgan fingerprint density at radius 1 is 1.21 bits per heavy atom. The van der Waals surface area contributed by atoms with E-state index in [1.165, 1.54) is 11.3 Å². The number of nitrogens with one attached hydrogen (secondary N) is 2. The van der Waals surface area contributed by atoms with Crippen LogP contribution >= 0.6 is 11.3 Å². The molecule has 1 aliphatic heterocycles. The van der Waals surface area contributed by atoms with Crippen LogP contribution in [0.1, 0.15) is 0 Å². The van der Waals surface area contributed by atoms with Crippen LogP contribution in [0.5, 0.6) is 5.75 Å². The highest BCUT2D eigenvalue weighted by Crippen LogP contribution is 2.37. The number of hydrogen-bond donors (Lipinski definition) is 3. The number of likely N-dealkylation sites (N-methyl/N-ethyl adjacent to an activating group) is 1. The Balaban J connectivity index is 1.58. The van der Waals surface area contributed by atoms with E-state index in [9.17, 15) is 4.79 Å². The molecule has 5 rings (SSSR count). The lowest BCUT2D eigenvalue weighted by molar-refractivity contribution is 0.313. The topological polar surface area (TPSA) is 103 Å². The molecule has 1 saturated heterocycles. The molecule has 1 fully saturated rings. The molecule has 8 nitrogen and oxygen atoms in total. The van der Waals surface area contributed by atoms with Gasteiger partial charge >= 0.3 is 0 Å². The number of imidazole rings is 1. The molecule has 4 N–H and O–H groups in total. The van der Waals surface area contributed by atoms with Crippen molar-refractivity contribution in [2.75, 3.05) is 51.0 Å². The van der Waals surface area contributed by atoms with Crippen LogP contribution in [0, 0.1) is 0 Å². The molecule has 0 unspecified atom stereocenters. The molecule has 3 aromatic heterocycles. The molecule has 0 radical (unpaired) electrons. The fraction of sp³-hybridized carbons (Fsp3) is 0.300. The van der Waals surface area contributed by atoms with Gasteiger partial charge in [0.2, 0.25) is 0 Å². The van der Waals surface area contributed by atoms with Crippen molar-refractivity contribution in [1.29, 1.82) is 0 Å². The van der Waals surface area contributed by atoms with E-state index >= 15 is 0 Å². The highest BCUT2D eigenvalue weighted by atomic mass is 32.1. The SMILES string of the molecule is COc1csc2c(N)c(-c3nc4ccc(N5CCN(C)CC5)cc4[nH]3)c(=O)[nH]c12. The number of pyridine rings is 1. The van der Waals surface area contributed by atoms with Crippen LogP contribution in [0.2, 0.25) is 0 Å². The summed E-state index contributed by atoms with van der Waals surface area (Å²) >= 11 is 1.44. The normalized spacial score (nSPS) is 15.4. The van der Waals surface area contributed by atoms with Crippen molar-refractivity contribution in [2.24, 2.45) is 0 Å². The first-order valence-electron chi connectivity index (χ1n) is 9.45. The van der Waals surface area contributed by atoms with Gasteiger partial charge in [0.05, 0.1) is 28.5 Å². The maximum absolute atomic E-state index is 12.8. The number of fused-ring (bicyclic) bond motifs is 2. The maximum atomic E-state index is 12.8. The second kappa shape index (κ2) is 6.78. The van der Waals surface area contributed by atoms with E-state index in [4.69, 9.17) is 10.5 Å². The van der Waals surface area contributed by atoms with E-state index in [2.05, 4.69) is 43.9 Å². The second-order valence-corrected chi connectivity index (χ2v) is 8.21. The number of hydrogen-bond acceptors (Lipinski definition) is 7. The molecule has 0 aliphatic carbocycles. The molecular weight excluding hydrogens is 388 g/mol. The molecule has 0 saturated carbocycles. The summed E-state index contributed by atoms with van der Waals surface area (Å²) in [5, 5.41) is 1.84. The number of nitrogen functional groups attached to an aromatic ring is 1. The lowest BCUT2D eigenvalue weighted by atomic mass is 10.2. The van der Waals surface area contributed by atoms with E-state index in [0.29, 0.717) is 28.3 Å². The quantitative estimate of drug-likeness (QED) is 0.479. The molecule has 4 heterocycles. The lowest BCUT2D eigenvalue weighted by Gasteiger charge is -2.34. The van der Waals surface area contributed by atoms with Crippen molar-refractivity contribution >= 4 is 44.0 Å². The second-order valence-electron chi connectivity index (χ2n) is 7.33. The predicted octanol–water partition coefficient (Wildman–Crippen LogP) is 2.48. The van der Waals surface area contributed by atoms with Gasteiger partial charge < -0.3 is 30.2 Å². The molecule has 9 heteroatoms. The zero-order valence-electron chi connectivity index (χ0n) is 16.3. The number of piperazine rings is 1. The Kier molecular flexibility index (Phi) is 4.21. The summed E-state index contributed by atoms with van der Waals surface area (Å²) in [6, 6.07) is 6.16. The Morgan fingerprint density at radius 2 is 2.00 bits per heavy atom. The van der Waals surface area contributed by atoms with Gasteiger partial charge in [-0.25, -0.2) is 4.98 Å². The van der Waals surface area contributed by atoms with Crippen molar-refractivity contribution in [2.45, 2.75) is 0 Å². The summed E-state index contributed by atoms with van der Waals surface area (Å²) < 4.78 is 6.09. The number of nitrogens with two attached hydrogens (primary N) is 1. The average Bonchev–Trinajstić information content (AvgIpc) is 3.31. The van der Waals surface area contributed by atoms with E-state index < -0.39 is 0 Å². The maximum Gasteiger partial charge on any atom is 0.261 e. The zero-order chi connectivity index (χ0) is 20.1. The number of aromatic amines is 2. The van der Waals surface area contributed by atoms with Crippen molar-refractivity contribution in [3.63, 3.8) is 0 Å². The highest BCUT2D eigenvalue weighted by Gasteiger charge is 2.20. The van der Waals surface area contributed by atoms with Gasteiger partial charge in [0.1, 0.15) is 16.9 Å². The van der Waals surface area contributed by atoms with Crippen molar-refractivity contribution in [3.8, 4) is 17.1 Å². The first-order valence-corrected chi connectivity index (χ1v) is 10.3. The molecule has 29 heavy (non-hydrogen) atoms. The van der Waals surface area contributed by atoms with Crippen LogP contribution in [0.3, 0.4) is 0 Å². The van der Waals surface area contributed by atoms with Crippen LogP contribution in [-0.4, -0.2) is 60.2 Å². The van der Waals surface area contributed by atoms with Gasteiger partial charge in [0, 0.05) is 37.2 Å². The number of ether oxygens (including phenoxy) is 1. The third-order valence-corrected chi connectivity index (χ3v) is 6.52. The molecule has 1 aliphatic rings. The van der Waals surface area contributed by atoms with Gasteiger partial charge in [-0.05, 0) is 25.2 Å². The smallest absolute Gasteiger partial charge is 0.261 e. The highest BCUT2D eigenvalue weighted by molar-refractivity contribution is 7.18. The molecule has 0 bridgehead atoms. The van der Waals surface area contributed by atoms with Crippen molar-refractivity contribution < 1.29 is 4.74 Å². The van der Waals surface area contributed by atoms with E-state index in [-0.39, 0.29) is 5.56 Å². The van der Waals surface area contributed by atoms with Gasteiger partial charge in [0.15, 0.2) is 5.75 Å². The van der Waals surface area contributed by atoms with Crippen LogP contribution in [0.4, 0.5) is 11.4 Å². The molecule has 0 spiro atoms. The van der Waals surface area contributed by atoms with Crippen LogP contribution in [-0.2, 0) is 0 Å². The molecule has 4 aromatic rings. The molecular formula is C20H22N6O2S. The summed E-state index contributed by atoms with van der Waals surface area (Å²) in [4.78, 5) is 28.3. The number of methoxy groups -OCH3 is 1. The van der Waals surface area contributed by atoms with Gasteiger partial charge in [-0.15, -0.1) is 11.3 Å². The number of benzene rings is 1. The van der Waals surface area contributed by atoms with Gasteiger partial charge in [-0.3, -0.25) is 4.79 Å². The molecule has 0 amide bonds. The Labute approximate surface area is 170 Å². The number of rotatable bonds is 3. The van der Waals surface area contributed by atoms with Crippen LogP contribution in [0.25, 0.3) is 32.6 Å². The summed E-state index contributed by atoms with van der Waals surface area (Å²) in [6.07, 6.45) is 0. The van der Waals surface area contributed by atoms with Gasteiger partial charge in [-0.2, -0.15) is 0 Å². The van der Waals surface area contributed by atoms with E-state index in [1.807, 2.05) is 11.4 Å². The molecule has 1 aromatic carbocycles. The minimum absolute atomic E-state index is 0.287. The van der Waals surface area contributed by atoms with Crippen LogP contribution in [0.15, 0.2) is 28.4 Å². The third kappa shape index (κ3) is 2.93. The van der Waals surface area contributed by atoms with Gasteiger partial charge in [-0.1, -0.05) is 0 Å². The first-order chi connectivity index (χ1) is 14.0. The average molecular weight is 411 g/mol.